The van der Waals surface area contributed by atoms with Gasteiger partial charge in [0, 0.05) is 11.2 Å². The minimum absolute atomic E-state index is 0.181. The van der Waals surface area contributed by atoms with Crippen LogP contribution < -0.4 is 4.90 Å². The Balaban J connectivity index is 2.00. The fraction of sp³-hybridized carbons (Fsp3) is 0.579. The molecule has 1 nitrogen and oxygen atoms in total. The van der Waals surface area contributed by atoms with Gasteiger partial charge in [0.05, 0.1) is 6.04 Å². The van der Waals surface area contributed by atoms with Crippen molar-refractivity contribution in [3.63, 3.8) is 0 Å². The Morgan fingerprint density at radius 3 is 2.35 bits per heavy atom. The molecule has 1 heteroatoms. The van der Waals surface area contributed by atoms with E-state index in [4.69, 9.17) is 0 Å². The monoisotopic (exact) mass is 269 g/mol. The summed E-state index contributed by atoms with van der Waals surface area (Å²) in [7, 11) is 0. The quantitative estimate of drug-likeness (QED) is 0.668. The lowest BCUT2D eigenvalue weighted by Crippen LogP contribution is -2.40. The molecule has 0 aromatic heterocycles. The molecule has 20 heavy (non-hydrogen) atoms. The Morgan fingerprint density at radius 1 is 1.05 bits per heavy atom. The molecule has 1 aliphatic heterocycles. The molecule has 1 heterocycles. The molecule has 108 valence electrons. The van der Waals surface area contributed by atoms with Gasteiger partial charge in [0.1, 0.15) is 0 Å². The van der Waals surface area contributed by atoms with E-state index in [0.717, 1.165) is 0 Å². The van der Waals surface area contributed by atoms with E-state index in [2.05, 4.69) is 56.9 Å². The Kier molecular flexibility index (Phi) is 3.35. The molecule has 2 radical (unpaired) electrons. The van der Waals surface area contributed by atoms with Crippen LogP contribution in [-0.2, 0) is 0 Å². The lowest BCUT2D eigenvalue weighted by atomic mass is 9.68. The summed E-state index contributed by atoms with van der Waals surface area (Å²) >= 11 is 0. The summed E-state index contributed by atoms with van der Waals surface area (Å²) in [5, 5.41) is 0. The second-order valence-electron chi connectivity index (χ2n) is 7.40. The maximum Gasteiger partial charge on any atom is 0.0702 e. The molecule has 1 aromatic carbocycles. The molecule has 2 fully saturated rings. The number of nitrogens with zero attached hydrogens (tertiary/aromatic N) is 1. The summed E-state index contributed by atoms with van der Waals surface area (Å²) in [4.78, 5) is 2.54. The predicted molar refractivity (Wildman–Crippen MR) is 86.5 cm³/mol. The van der Waals surface area contributed by atoms with Crippen molar-refractivity contribution in [2.24, 2.45) is 5.41 Å². The first-order valence-corrected chi connectivity index (χ1v) is 8.02. The van der Waals surface area contributed by atoms with Gasteiger partial charge in [-0.1, -0.05) is 37.5 Å². The second kappa shape index (κ2) is 4.79. The lowest BCUT2D eigenvalue weighted by Gasteiger charge is -2.40. The van der Waals surface area contributed by atoms with Crippen molar-refractivity contribution in [2.75, 3.05) is 4.90 Å². The van der Waals surface area contributed by atoms with E-state index >= 15 is 0 Å². The minimum Gasteiger partial charge on any atom is -0.358 e. The lowest BCUT2D eigenvalue weighted by molar-refractivity contribution is 0.212. The van der Waals surface area contributed by atoms with Crippen molar-refractivity contribution in [3.05, 3.63) is 42.8 Å². The molecule has 0 N–H and O–H groups in total. The van der Waals surface area contributed by atoms with Crippen molar-refractivity contribution in [2.45, 2.75) is 64.8 Å². The zero-order valence-corrected chi connectivity index (χ0v) is 13.2. The molecular formula is C19H27N. The van der Waals surface area contributed by atoms with Crippen molar-refractivity contribution in [1.82, 2.24) is 0 Å². The van der Waals surface area contributed by atoms with E-state index in [1.165, 1.54) is 55.8 Å². The summed E-state index contributed by atoms with van der Waals surface area (Å²) in [6.07, 6.45) is 8.07. The van der Waals surface area contributed by atoms with Gasteiger partial charge in [-0.25, -0.2) is 0 Å². The van der Waals surface area contributed by atoms with Gasteiger partial charge in [0.25, 0.3) is 0 Å². The predicted octanol–water partition coefficient (Wildman–Crippen LogP) is 5.30. The fourth-order valence-electron chi connectivity index (χ4n) is 4.59. The van der Waals surface area contributed by atoms with Crippen LogP contribution in [0.3, 0.4) is 0 Å². The van der Waals surface area contributed by atoms with E-state index in [-0.39, 0.29) is 5.54 Å². The highest BCUT2D eigenvalue weighted by atomic mass is 15.3. The number of hydrogen-bond donors (Lipinski definition) is 0. The van der Waals surface area contributed by atoms with Crippen LogP contribution in [0.5, 0.6) is 0 Å². The van der Waals surface area contributed by atoms with Gasteiger partial charge in [-0.15, -0.1) is 0 Å². The van der Waals surface area contributed by atoms with Gasteiger partial charge in [-0.05, 0) is 64.0 Å². The Morgan fingerprint density at radius 2 is 1.70 bits per heavy atom. The van der Waals surface area contributed by atoms with E-state index in [1.807, 2.05) is 0 Å². The first-order chi connectivity index (χ1) is 9.46. The highest BCUT2D eigenvalue weighted by Crippen LogP contribution is 2.59. The van der Waals surface area contributed by atoms with Gasteiger partial charge in [-0.2, -0.15) is 0 Å². The highest BCUT2D eigenvalue weighted by Gasteiger charge is 2.54. The molecular weight excluding hydrogens is 242 g/mol. The van der Waals surface area contributed by atoms with Gasteiger partial charge < -0.3 is 4.90 Å². The Labute approximate surface area is 124 Å². The molecule has 1 aromatic rings. The van der Waals surface area contributed by atoms with Crippen molar-refractivity contribution < 1.29 is 0 Å². The molecule has 1 saturated carbocycles. The van der Waals surface area contributed by atoms with Crippen LogP contribution in [-0.4, -0.2) is 5.54 Å². The summed E-state index contributed by atoms with van der Waals surface area (Å²) < 4.78 is 0. The van der Waals surface area contributed by atoms with Crippen molar-refractivity contribution in [3.8, 4) is 0 Å². The molecule has 0 amide bonds. The fourth-order valence-corrected chi connectivity index (χ4v) is 4.59. The molecule has 0 atom stereocenters. The van der Waals surface area contributed by atoms with Gasteiger partial charge >= 0.3 is 0 Å². The zero-order chi connectivity index (χ0) is 14.4. The third kappa shape index (κ3) is 2.06. The standard InChI is InChI=1S/C19H27N/c1-15-10-6-7-11-17(15)20-16(2)19(14-18(20,3)4)12-8-5-9-13-19/h6-7,10-11H,2,5,8-9,12-14H2,1,3-4H3. The van der Waals surface area contributed by atoms with Crippen LogP contribution >= 0.6 is 0 Å². The van der Waals surface area contributed by atoms with E-state index in [0.29, 0.717) is 5.41 Å². The summed E-state index contributed by atoms with van der Waals surface area (Å²) in [5.41, 5.74) is 3.25. The molecule has 1 saturated heterocycles. The molecule has 0 unspecified atom stereocenters. The average Bonchev–Trinajstić information content (AvgIpc) is 2.59. The van der Waals surface area contributed by atoms with Crippen LogP contribution in [0.4, 0.5) is 5.69 Å². The van der Waals surface area contributed by atoms with Crippen LogP contribution in [0.1, 0.15) is 57.9 Å². The number of benzene rings is 1. The van der Waals surface area contributed by atoms with Crippen LogP contribution in [0.2, 0.25) is 0 Å². The first kappa shape index (κ1) is 14.0. The topological polar surface area (TPSA) is 3.24 Å². The summed E-state index contributed by atoms with van der Waals surface area (Å²) in [6, 6.07) is 10.1. The number of rotatable bonds is 1. The van der Waals surface area contributed by atoms with E-state index in [1.54, 1.807) is 0 Å². The molecule has 3 rings (SSSR count). The smallest absolute Gasteiger partial charge is 0.0702 e. The van der Waals surface area contributed by atoms with E-state index in [9.17, 15) is 0 Å². The minimum atomic E-state index is 0.181. The number of anilines is 1. The average molecular weight is 269 g/mol. The third-order valence-corrected chi connectivity index (χ3v) is 5.43. The number of aryl methyl sites for hydroxylation is 1. The van der Waals surface area contributed by atoms with E-state index < -0.39 is 0 Å². The first-order valence-electron chi connectivity index (χ1n) is 8.02. The van der Waals surface area contributed by atoms with Gasteiger partial charge in [0.15, 0.2) is 0 Å². The Bertz CT molecular complexity index is 482. The van der Waals surface area contributed by atoms with Crippen molar-refractivity contribution >= 4 is 5.69 Å². The third-order valence-electron chi connectivity index (χ3n) is 5.43. The second-order valence-corrected chi connectivity index (χ2v) is 7.40. The summed E-state index contributed by atoms with van der Waals surface area (Å²) in [6.45, 7) is 11.5. The highest BCUT2D eigenvalue weighted by molar-refractivity contribution is 5.61. The van der Waals surface area contributed by atoms with Gasteiger partial charge in [0.2, 0.25) is 0 Å². The largest absolute Gasteiger partial charge is 0.358 e. The maximum atomic E-state index is 4.55. The summed E-state index contributed by atoms with van der Waals surface area (Å²) in [5.74, 6) is 0. The molecule has 1 spiro atoms. The van der Waals surface area contributed by atoms with Crippen LogP contribution in [0.25, 0.3) is 0 Å². The zero-order valence-electron chi connectivity index (χ0n) is 13.2. The van der Waals surface area contributed by atoms with Crippen molar-refractivity contribution in [1.29, 1.82) is 0 Å². The molecule has 0 bridgehead atoms. The number of para-hydroxylation sites is 1. The maximum absolute atomic E-state index is 4.55. The normalized spacial score (nSPS) is 25.3. The van der Waals surface area contributed by atoms with Gasteiger partial charge in [-0.3, -0.25) is 0 Å². The molecule has 2 aliphatic rings. The number of hydrogen-bond acceptors (Lipinski definition) is 1. The van der Waals surface area contributed by atoms with Crippen LogP contribution in [0.15, 0.2) is 24.3 Å². The SMILES string of the molecule is [CH2][C]1N(c2ccccc2C)C(C)(C)CC12CCCCC2. The molecule has 1 aliphatic carbocycles. The van der Waals surface area contributed by atoms with Crippen LogP contribution in [0, 0.1) is 25.3 Å². The Hall–Kier alpha value is -0.980.